The molecule has 1 rings (SSSR count). The highest BCUT2D eigenvalue weighted by molar-refractivity contribution is 7.05. The van der Waals surface area contributed by atoms with Gasteiger partial charge in [0.05, 0.1) is 0 Å². The van der Waals surface area contributed by atoms with Crippen LogP contribution in [0, 0.1) is 5.41 Å². The van der Waals surface area contributed by atoms with Gasteiger partial charge >= 0.3 is 0 Å². The van der Waals surface area contributed by atoms with E-state index in [4.69, 9.17) is 5.73 Å². The highest BCUT2D eigenvalue weighted by Crippen LogP contribution is 2.21. The predicted molar refractivity (Wildman–Crippen MR) is 65.0 cm³/mol. The number of aromatic nitrogens is 2. The first-order valence-corrected chi connectivity index (χ1v) is 6.28. The lowest BCUT2D eigenvalue weighted by molar-refractivity contribution is 0.318. The molecule has 0 aliphatic carbocycles. The number of rotatable bonds is 4. The van der Waals surface area contributed by atoms with Crippen molar-refractivity contribution in [2.75, 3.05) is 0 Å². The van der Waals surface area contributed by atoms with Gasteiger partial charge in [-0.15, -0.1) is 0 Å². The Hall–Kier alpha value is -0.480. The van der Waals surface area contributed by atoms with Crippen LogP contribution >= 0.6 is 11.5 Å². The summed E-state index contributed by atoms with van der Waals surface area (Å²) in [4.78, 5) is 4.48. The van der Waals surface area contributed by atoms with Crippen LogP contribution in [0.1, 0.15) is 44.9 Å². The predicted octanol–water partition coefficient (Wildman–Crippen LogP) is 2.41. The molecule has 1 aromatic rings. The maximum Gasteiger partial charge on any atom is 0.142 e. The van der Waals surface area contributed by atoms with E-state index < -0.39 is 0 Å². The largest absolute Gasteiger partial charge is 0.327 e. The van der Waals surface area contributed by atoms with Gasteiger partial charge in [0.2, 0.25) is 0 Å². The van der Waals surface area contributed by atoms with Gasteiger partial charge in [-0.2, -0.15) is 4.37 Å². The number of nitrogens with two attached hydrogens (primary N) is 1. The fourth-order valence-corrected chi connectivity index (χ4v) is 1.94. The van der Waals surface area contributed by atoms with E-state index in [1.54, 1.807) is 0 Å². The molecular weight excluding hydrogens is 206 g/mol. The molecule has 4 heteroatoms. The topological polar surface area (TPSA) is 51.8 Å². The van der Waals surface area contributed by atoms with E-state index in [0.29, 0.717) is 0 Å². The van der Waals surface area contributed by atoms with Crippen LogP contribution in [0.15, 0.2) is 0 Å². The molecule has 0 aliphatic heterocycles. The molecule has 0 amide bonds. The van der Waals surface area contributed by atoms with Gasteiger partial charge < -0.3 is 5.73 Å². The molecule has 0 aromatic carbocycles. The lowest BCUT2D eigenvalue weighted by Gasteiger charge is -2.25. The third kappa shape index (κ3) is 3.87. The number of nitrogens with zero attached hydrogens (tertiary/aromatic N) is 2. The van der Waals surface area contributed by atoms with Gasteiger partial charge in [-0.25, -0.2) is 4.98 Å². The maximum atomic E-state index is 6.10. The molecule has 1 atom stereocenters. The lowest BCUT2D eigenvalue weighted by Crippen LogP contribution is -2.36. The van der Waals surface area contributed by atoms with Crippen molar-refractivity contribution in [3.05, 3.63) is 10.8 Å². The molecule has 0 saturated heterocycles. The second-order valence-corrected chi connectivity index (χ2v) is 5.87. The van der Waals surface area contributed by atoms with Crippen molar-refractivity contribution in [1.82, 2.24) is 9.36 Å². The van der Waals surface area contributed by atoms with Crippen molar-refractivity contribution in [2.45, 2.75) is 53.0 Å². The Bertz CT molecular complexity index is 301. The Morgan fingerprint density at radius 1 is 1.40 bits per heavy atom. The minimum atomic E-state index is 0.136. The number of aryl methyl sites for hydroxylation is 1. The van der Waals surface area contributed by atoms with Crippen molar-refractivity contribution in [1.29, 1.82) is 0 Å². The van der Waals surface area contributed by atoms with Gasteiger partial charge in [-0.05, 0) is 23.4 Å². The molecule has 2 N–H and O–H groups in total. The van der Waals surface area contributed by atoms with Crippen molar-refractivity contribution in [2.24, 2.45) is 11.1 Å². The molecule has 0 saturated carbocycles. The van der Waals surface area contributed by atoms with E-state index in [-0.39, 0.29) is 11.5 Å². The summed E-state index contributed by atoms with van der Waals surface area (Å²) in [7, 11) is 0. The first-order valence-electron chi connectivity index (χ1n) is 5.50. The molecule has 0 bridgehead atoms. The average Bonchev–Trinajstić information content (AvgIpc) is 2.51. The fourth-order valence-electron chi connectivity index (χ4n) is 1.19. The lowest BCUT2D eigenvalue weighted by atomic mass is 9.86. The summed E-state index contributed by atoms with van der Waals surface area (Å²) in [5.74, 6) is 0.971. The maximum absolute atomic E-state index is 6.10. The van der Waals surface area contributed by atoms with Crippen LogP contribution in [-0.4, -0.2) is 15.4 Å². The first-order chi connectivity index (χ1) is 6.93. The van der Waals surface area contributed by atoms with Crippen LogP contribution in [0.4, 0.5) is 0 Å². The van der Waals surface area contributed by atoms with Gasteiger partial charge in [0, 0.05) is 18.9 Å². The molecule has 3 nitrogen and oxygen atoms in total. The van der Waals surface area contributed by atoms with Crippen LogP contribution in [0.2, 0.25) is 0 Å². The average molecular weight is 227 g/mol. The molecule has 0 radical (unpaired) electrons. The Morgan fingerprint density at radius 2 is 2.07 bits per heavy atom. The number of hydrogen-bond acceptors (Lipinski definition) is 4. The van der Waals surface area contributed by atoms with Gasteiger partial charge in [-0.3, -0.25) is 0 Å². The van der Waals surface area contributed by atoms with Crippen LogP contribution in [0.5, 0.6) is 0 Å². The van der Waals surface area contributed by atoms with Gasteiger partial charge in [0.15, 0.2) is 0 Å². The van der Waals surface area contributed by atoms with Gasteiger partial charge in [0.25, 0.3) is 0 Å². The van der Waals surface area contributed by atoms with Crippen molar-refractivity contribution in [3.8, 4) is 0 Å². The van der Waals surface area contributed by atoms with Gasteiger partial charge in [-0.1, -0.05) is 27.7 Å². The number of hydrogen-bond donors (Lipinski definition) is 1. The normalized spacial score (nSPS) is 14.2. The zero-order chi connectivity index (χ0) is 11.5. The van der Waals surface area contributed by atoms with Crippen molar-refractivity contribution >= 4 is 11.5 Å². The third-order valence-corrected chi connectivity index (χ3v) is 3.26. The Kier molecular flexibility index (Phi) is 4.22. The second kappa shape index (κ2) is 5.03. The Balaban J connectivity index is 2.57. The fraction of sp³-hybridized carbons (Fsp3) is 0.818. The van der Waals surface area contributed by atoms with Crippen LogP contribution in [0.25, 0.3) is 0 Å². The summed E-state index contributed by atoms with van der Waals surface area (Å²) in [6.45, 7) is 8.62. The molecule has 86 valence electrons. The highest BCUT2D eigenvalue weighted by Gasteiger charge is 2.22. The van der Waals surface area contributed by atoms with E-state index in [0.717, 1.165) is 30.1 Å². The smallest absolute Gasteiger partial charge is 0.142 e. The van der Waals surface area contributed by atoms with Gasteiger partial charge in [0.1, 0.15) is 10.8 Å². The molecule has 0 fully saturated rings. The minimum absolute atomic E-state index is 0.136. The molecule has 1 heterocycles. The molecule has 0 spiro atoms. The summed E-state index contributed by atoms with van der Waals surface area (Å²) in [5, 5.41) is 1.07. The van der Waals surface area contributed by atoms with Crippen molar-refractivity contribution in [3.63, 3.8) is 0 Å². The quantitative estimate of drug-likeness (QED) is 0.859. The van der Waals surface area contributed by atoms with E-state index in [1.165, 1.54) is 11.5 Å². The minimum Gasteiger partial charge on any atom is -0.327 e. The highest BCUT2D eigenvalue weighted by atomic mass is 32.1. The summed E-state index contributed by atoms with van der Waals surface area (Å²) in [6.07, 6.45) is 2.91. The summed E-state index contributed by atoms with van der Waals surface area (Å²) < 4.78 is 4.32. The van der Waals surface area contributed by atoms with E-state index in [9.17, 15) is 0 Å². The molecule has 15 heavy (non-hydrogen) atoms. The molecular formula is C11H21N3S. The Labute approximate surface area is 96.3 Å². The SMILES string of the molecule is CCCc1nsc(CC(N)C(C)(C)C)n1. The summed E-state index contributed by atoms with van der Waals surface area (Å²) in [5.41, 5.74) is 6.24. The molecule has 1 unspecified atom stereocenters. The third-order valence-electron chi connectivity index (χ3n) is 2.49. The van der Waals surface area contributed by atoms with Crippen LogP contribution in [0.3, 0.4) is 0 Å². The van der Waals surface area contributed by atoms with E-state index in [2.05, 4.69) is 37.1 Å². The van der Waals surface area contributed by atoms with Crippen LogP contribution in [-0.2, 0) is 12.8 Å². The van der Waals surface area contributed by atoms with Crippen molar-refractivity contribution < 1.29 is 0 Å². The molecule has 1 aromatic heterocycles. The first kappa shape index (κ1) is 12.6. The summed E-state index contributed by atoms with van der Waals surface area (Å²) in [6, 6.07) is 0.153. The van der Waals surface area contributed by atoms with E-state index in [1.807, 2.05) is 0 Å². The zero-order valence-corrected chi connectivity index (χ0v) is 10.9. The molecule has 0 aliphatic rings. The van der Waals surface area contributed by atoms with E-state index >= 15 is 0 Å². The zero-order valence-electron chi connectivity index (χ0n) is 10.1. The second-order valence-electron chi connectivity index (χ2n) is 5.03. The Morgan fingerprint density at radius 3 is 2.60 bits per heavy atom. The standard InChI is InChI=1S/C11H21N3S/c1-5-6-9-13-10(15-14-9)7-8(12)11(2,3)4/h8H,5-7,12H2,1-4H3. The summed E-state index contributed by atoms with van der Waals surface area (Å²) >= 11 is 1.49. The van der Waals surface area contributed by atoms with Crippen LogP contribution < -0.4 is 5.73 Å². The monoisotopic (exact) mass is 227 g/mol.